The minimum Gasteiger partial charge on any atom is -0.363 e. The van der Waals surface area contributed by atoms with Gasteiger partial charge in [0.2, 0.25) is 17.6 Å². The number of primary amides is 1. The molecule has 12 nitrogen and oxygen atoms in total. The first kappa shape index (κ1) is 37.8. The van der Waals surface area contributed by atoms with Gasteiger partial charge in [0.25, 0.3) is 5.91 Å². The summed E-state index contributed by atoms with van der Waals surface area (Å²) in [6.45, 7) is 16.7. The Kier molecular flexibility index (Phi) is 11.0. The molecule has 262 valence electrons. The number of carbonyl (C=O) groups excluding carboxylic acids is 5. The van der Waals surface area contributed by atoms with Gasteiger partial charge in [-0.2, -0.15) is 0 Å². The summed E-state index contributed by atoms with van der Waals surface area (Å²) in [5, 5.41) is 8.57. The maximum absolute atomic E-state index is 14.3. The van der Waals surface area contributed by atoms with E-state index in [4.69, 9.17) is 5.73 Å². The van der Waals surface area contributed by atoms with E-state index in [0.29, 0.717) is 25.8 Å². The van der Waals surface area contributed by atoms with Crippen LogP contribution in [0.4, 0.5) is 4.79 Å². The van der Waals surface area contributed by atoms with Crippen molar-refractivity contribution in [1.82, 2.24) is 20.9 Å². The van der Waals surface area contributed by atoms with Crippen molar-refractivity contribution in [2.75, 3.05) is 12.3 Å². The first-order valence-corrected chi connectivity index (χ1v) is 18.4. The van der Waals surface area contributed by atoms with E-state index in [1.54, 1.807) is 20.8 Å². The van der Waals surface area contributed by atoms with Crippen LogP contribution in [0.5, 0.6) is 0 Å². The number of nitrogens with one attached hydrogen (secondary N) is 3. The molecule has 0 bridgehead atoms. The number of sulfone groups is 1. The highest BCUT2D eigenvalue weighted by Gasteiger charge is 2.70. The third-order valence-corrected chi connectivity index (χ3v) is 13.3. The van der Waals surface area contributed by atoms with Crippen LogP contribution < -0.4 is 21.7 Å². The van der Waals surface area contributed by atoms with E-state index in [9.17, 15) is 32.4 Å². The number of ketones is 1. The second-order valence-electron chi connectivity index (χ2n) is 16.4. The lowest BCUT2D eigenvalue weighted by Crippen LogP contribution is -2.64. The van der Waals surface area contributed by atoms with Crippen molar-refractivity contribution in [3.05, 3.63) is 0 Å². The molecule has 1 aliphatic heterocycles. The molecule has 3 fully saturated rings. The van der Waals surface area contributed by atoms with Crippen LogP contribution in [0, 0.1) is 22.7 Å². The number of likely N-dealkylation sites (tertiary alicyclic amines) is 1. The number of Topliss-reactive ketones (excluding diaryl/α,β-unsaturated/α-hetero) is 1. The normalized spacial score (nSPS) is 25.1. The predicted molar refractivity (Wildman–Crippen MR) is 176 cm³/mol. The fourth-order valence-corrected chi connectivity index (χ4v) is 8.78. The molecular formula is C33H57N5O7S. The average Bonchev–Trinajstić information content (AvgIpc) is 3.24. The zero-order valence-corrected chi connectivity index (χ0v) is 30.1. The molecule has 2 aliphatic carbocycles. The molecule has 0 radical (unpaired) electrons. The van der Waals surface area contributed by atoms with Gasteiger partial charge in [0.1, 0.15) is 12.1 Å². The summed E-state index contributed by atoms with van der Waals surface area (Å²) < 4.78 is 25.5. The van der Waals surface area contributed by atoms with E-state index in [0.717, 1.165) is 25.7 Å². The molecule has 46 heavy (non-hydrogen) atoms. The number of rotatable bonds is 12. The lowest BCUT2D eigenvalue weighted by Gasteiger charge is -2.41. The monoisotopic (exact) mass is 667 g/mol. The molecule has 3 rings (SSSR count). The highest BCUT2D eigenvalue weighted by molar-refractivity contribution is 7.92. The number of amides is 5. The minimum absolute atomic E-state index is 0.0516. The number of urea groups is 1. The van der Waals surface area contributed by atoms with Gasteiger partial charge in [-0.15, -0.1) is 0 Å². The van der Waals surface area contributed by atoms with Gasteiger partial charge in [-0.05, 0) is 62.7 Å². The van der Waals surface area contributed by atoms with E-state index in [-0.39, 0.29) is 29.4 Å². The summed E-state index contributed by atoms with van der Waals surface area (Å²) in [5.41, 5.74) is 3.34. The summed E-state index contributed by atoms with van der Waals surface area (Å²) in [5.74, 6) is -3.25. The molecule has 0 aromatic heterocycles. The first-order chi connectivity index (χ1) is 21.0. The minimum atomic E-state index is -3.56. The Morgan fingerprint density at radius 1 is 0.957 bits per heavy atom. The highest BCUT2D eigenvalue weighted by atomic mass is 32.2. The van der Waals surface area contributed by atoms with E-state index in [2.05, 4.69) is 16.0 Å². The van der Waals surface area contributed by atoms with E-state index >= 15 is 0 Å². The summed E-state index contributed by atoms with van der Waals surface area (Å²) in [4.78, 5) is 67.6. The van der Waals surface area contributed by atoms with Crippen molar-refractivity contribution in [2.24, 2.45) is 28.4 Å². The van der Waals surface area contributed by atoms with E-state index < -0.39 is 73.2 Å². The largest absolute Gasteiger partial charge is 0.363 e. The fraction of sp³-hybridized carbons (Fsp3) is 0.848. The Hall–Kier alpha value is -2.70. The Bertz CT molecular complexity index is 1310. The third kappa shape index (κ3) is 8.05. The topological polar surface area (TPSA) is 185 Å². The number of fused-ring (bicyclic) bond motifs is 1. The molecule has 2 unspecified atom stereocenters. The average molecular weight is 668 g/mol. The zero-order valence-electron chi connectivity index (χ0n) is 29.2. The molecule has 2 saturated carbocycles. The van der Waals surface area contributed by atoms with Crippen LogP contribution in [0.1, 0.15) is 114 Å². The number of piperidine rings is 1. The molecular weight excluding hydrogens is 610 g/mol. The third-order valence-electron chi connectivity index (χ3n) is 10.5. The van der Waals surface area contributed by atoms with Crippen LogP contribution in [-0.2, 0) is 29.0 Å². The van der Waals surface area contributed by atoms with Crippen molar-refractivity contribution in [3.63, 3.8) is 0 Å². The smallest absolute Gasteiger partial charge is 0.315 e. The quantitative estimate of drug-likeness (QED) is 0.231. The van der Waals surface area contributed by atoms with Crippen molar-refractivity contribution in [2.45, 2.75) is 142 Å². The highest BCUT2D eigenvalue weighted by Crippen LogP contribution is 2.65. The summed E-state index contributed by atoms with van der Waals surface area (Å²) >= 11 is 0. The number of nitrogens with two attached hydrogens (primary N) is 1. The fourth-order valence-electron chi connectivity index (χ4n) is 7.26. The van der Waals surface area contributed by atoms with Crippen LogP contribution in [0.25, 0.3) is 0 Å². The molecule has 0 aromatic carbocycles. The number of unbranched alkanes of at least 4 members (excludes halogenated alkanes) is 1. The van der Waals surface area contributed by atoms with Crippen molar-refractivity contribution in [3.8, 4) is 0 Å². The van der Waals surface area contributed by atoms with Crippen LogP contribution >= 0.6 is 0 Å². The summed E-state index contributed by atoms with van der Waals surface area (Å²) in [7, 11) is -3.56. The van der Waals surface area contributed by atoms with Gasteiger partial charge in [-0.3, -0.25) is 19.2 Å². The van der Waals surface area contributed by atoms with Gasteiger partial charge in [0.15, 0.2) is 9.84 Å². The lowest BCUT2D eigenvalue weighted by molar-refractivity contribution is -0.145. The van der Waals surface area contributed by atoms with Crippen molar-refractivity contribution >= 4 is 39.4 Å². The Morgan fingerprint density at radius 3 is 2.04 bits per heavy atom. The molecule has 1 saturated heterocycles. The van der Waals surface area contributed by atoms with E-state index in [1.807, 2.05) is 41.5 Å². The number of carbonyl (C=O) groups is 5. The maximum Gasteiger partial charge on any atom is 0.315 e. The van der Waals surface area contributed by atoms with Crippen molar-refractivity contribution < 1.29 is 32.4 Å². The predicted octanol–water partition coefficient (Wildman–Crippen LogP) is 2.83. The van der Waals surface area contributed by atoms with Crippen LogP contribution in [0.3, 0.4) is 0 Å². The van der Waals surface area contributed by atoms with Gasteiger partial charge in [0, 0.05) is 6.54 Å². The Morgan fingerprint density at radius 2 is 1.54 bits per heavy atom. The Balaban J connectivity index is 1.86. The lowest BCUT2D eigenvalue weighted by atomic mass is 9.83. The van der Waals surface area contributed by atoms with Crippen LogP contribution in [0.2, 0.25) is 0 Å². The molecule has 5 N–H and O–H groups in total. The maximum atomic E-state index is 14.3. The molecule has 3 aliphatic rings. The zero-order chi connectivity index (χ0) is 35.0. The number of nitrogens with zero attached hydrogens (tertiary/aromatic N) is 1. The SMILES string of the molecule is CCCCC(NC(=O)[C@@H]1C2[C@@H](CN1C(=O)[C@@H](NC(=O)NC1(CS(=O)(=O)C(C)(C)C)CCCCC1)C(C)(C)C)C2(C)C)C(=O)C(N)=O. The standard InChI is InChI=1S/C33H57N5O7S/c1-10-11-15-21(24(39)26(34)40)35-27(41)23-22-20(32(22,8)9)18-38(23)28(42)25(30(2,3)4)36-29(43)37-33(16-13-12-14-17-33)19-46(44,45)31(5,6)7/h20-23,25H,10-19H2,1-9H3,(H2,34,40)(H,35,41)(H2,36,37,43)/t20-,21?,22?,23+,25-/m1/s1. The Labute approximate surface area is 275 Å². The molecule has 0 spiro atoms. The first-order valence-electron chi connectivity index (χ1n) is 16.7. The molecule has 5 amide bonds. The van der Waals surface area contributed by atoms with Gasteiger partial charge >= 0.3 is 6.03 Å². The van der Waals surface area contributed by atoms with Gasteiger partial charge in [-0.25, -0.2) is 13.2 Å². The second-order valence-corrected chi connectivity index (χ2v) is 19.2. The summed E-state index contributed by atoms with van der Waals surface area (Å²) in [6.07, 6.45) is 5.13. The van der Waals surface area contributed by atoms with Crippen molar-refractivity contribution in [1.29, 1.82) is 0 Å². The second kappa shape index (κ2) is 13.4. The van der Waals surface area contributed by atoms with Crippen LogP contribution in [-0.4, -0.2) is 83.6 Å². The number of hydrogen-bond donors (Lipinski definition) is 4. The molecule has 1 heterocycles. The molecule has 13 heteroatoms. The molecule has 5 atom stereocenters. The van der Waals surface area contributed by atoms with Gasteiger partial charge in [0.05, 0.1) is 22.1 Å². The van der Waals surface area contributed by atoms with Crippen LogP contribution in [0.15, 0.2) is 0 Å². The molecule has 0 aromatic rings. The van der Waals surface area contributed by atoms with Gasteiger partial charge in [-0.1, -0.05) is 73.6 Å². The van der Waals surface area contributed by atoms with Gasteiger partial charge < -0.3 is 26.6 Å². The number of hydrogen-bond acceptors (Lipinski definition) is 7. The summed E-state index contributed by atoms with van der Waals surface area (Å²) in [6, 6.07) is -3.64. The van der Waals surface area contributed by atoms with E-state index in [1.165, 1.54) is 4.90 Å².